The zero-order chi connectivity index (χ0) is 19.2. The van der Waals surface area contributed by atoms with Crippen LogP contribution in [0.4, 0.5) is 4.39 Å². The van der Waals surface area contributed by atoms with E-state index in [2.05, 4.69) is 33.2 Å². The molecule has 2 heterocycles. The molecule has 0 spiro atoms. The van der Waals surface area contributed by atoms with Crippen molar-refractivity contribution in [3.8, 4) is 0 Å². The molecule has 1 aliphatic heterocycles. The number of thiocarbonyl (C=S) groups is 1. The Labute approximate surface area is 166 Å². The average Bonchev–Trinajstić information content (AvgIpc) is 2.96. The van der Waals surface area contributed by atoms with Gasteiger partial charge in [0.1, 0.15) is 5.82 Å². The van der Waals surface area contributed by atoms with Gasteiger partial charge >= 0.3 is 0 Å². The lowest BCUT2D eigenvalue weighted by Crippen LogP contribution is -2.51. The molecule has 0 amide bonds. The van der Waals surface area contributed by atoms with E-state index in [9.17, 15) is 4.39 Å². The zero-order valence-electron chi connectivity index (χ0n) is 16.1. The lowest BCUT2D eigenvalue weighted by molar-refractivity contribution is 0.174. The molecule has 146 valence electrons. The Morgan fingerprint density at radius 1 is 1.19 bits per heavy atom. The van der Waals surface area contributed by atoms with Crippen molar-refractivity contribution >= 4 is 17.3 Å². The van der Waals surface area contributed by atoms with Crippen LogP contribution in [-0.2, 0) is 13.1 Å². The number of piperazine rings is 1. The van der Waals surface area contributed by atoms with Crippen molar-refractivity contribution in [3.63, 3.8) is 0 Å². The van der Waals surface area contributed by atoms with Gasteiger partial charge in [-0.25, -0.2) is 4.39 Å². The van der Waals surface area contributed by atoms with Gasteiger partial charge in [0.05, 0.1) is 5.69 Å². The lowest BCUT2D eigenvalue weighted by Gasteiger charge is -2.36. The highest BCUT2D eigenvalue weighted by atomic mass is 32.1. The number of aryl methyl sites for hydroxylation is 3. The largest absolute Gasteiger partial charge is 0.362 e. The van der Waals surface area contributed by atoms with Crippen LogP contribution in [0.15, 0.2) is 30.3 Å². The van der Waals surface area contributed by atoms with Crippen LogP contribution in [0.3, 0.4) is 0 Å². The highest BCUT2D eigenvalue weighted by Crippen LogP contribution is 2.10. The van der Waals surface area contributed by atoms with Crippen LogP contribution in [0, 0.1) is 19.7 Å². The smallest absolute Gasteiger partial charge is 0.169 e. The minimum absolute atomic E-state index is 0.169. The van der Waals surface area contributed by atoms with Crippen LogP contribution in [0.1, 0.15) is 23.4 Å². The summed E-state index contributed by atoms with van der Waals surface area (Å²) in [5.41, 5.74) is 3.28. The summed E-state index contributed by atoms with van der Waals surface area (Å²) < 4.78 is 15.4. The van der Waals surface area contributed by atoms with Crippen LogP contribution in [0.5, 0.6) is 0 Å². The van der Waals surface area contributed by atoms with Crippen molar-refractivity contribution in [2.45, 2.75) is 33.4 Å². The van der Waals surface area contributed by atoms with Crippen molar-refractivity contribution in [2.75, 3.05) is 32.7 Å². The maximum Gasteiger partial charge on any atom is 0.169 e. The third-order valence-corrected chi connectivity index (χ3v) is 5.28. The molecule has 1 N–H and O–H groups in total. The highest BCUT2D eigenvalue weighted by Gasteiger charge is 2.18. The average molecular weight is 390 g/mol. The first-order chi connectivity index (χ1) is 13.0. The quantitative estimate of drug-likeness (QED) is 0.607. The summed E-state index contributed by atoms with van der Waals surface area (Å²) in [6, 6.07) is 8.94. The van der Waals surface area contributed by atoms with Gasteiger partial charge in [0.15, 0.2) is 5.11 Å². The predicted molar refractivity (Wildman–Crippen MR) is 110 cm³/mol. The summed E-state index contributed by atoms with van der Waals surface area (Å²) in [5.74, 6) is -0.169. The second kappa shape index (κ2) is 9.28. The summed E-state index contributed by atoms with van der Waals surface area (Å²) in [6.07, 6.45) is 0.988. The van der Waals surface area contributed by atoms with Gasteiger partial charge in [-0.2, -0.15) is 5.10 Å². The molecule has 1 aromatic heterocycles. The molecule has 3 rings (SSSR count). The molecule has 0 atom stereocenters. The maximum absolute atomic E-state index is 13.3. The van der Waals surface area contributed by atoms with Crippen LogP contribution in [0.25, 0.3) is 0 Å². The van der Waals surface area contributed by atoms with Crippen LogP contribution < -0.4 is 5.32 Å². The minimum atomic E-state index is -0.169. The summed E-state index contributed by atoms with van der Waals surface area (Å²) in [6.45, 7) is 10.3. The topological polar surface area (TPSA) is 36.3 Å². The monoisotopic (exact) mass is 389 g/mol. The standard InChI is InChI=1S/C20H28FN5S/c1-16-13-17(2)26(23-16)8-4-7-22-20(27)25-11-9-24(10-12-25)15-18-5-3-6-19(21)14-18/h3,5-6,13-14H,4,7-12,15H2,1-2H3,(H,22,27). The van der Waals surface area contributed by atoms with Crippen molar-refractivity contribution in [1.82, 2.24) is 24.9 Å². The molecule has 1 fully saturated rings. The van der Waals surface area contributed by atoms with Crippen LogP contribution in [0.2, 0.25) is 0 Å². The van der Waals surface area contributed by atoms with E-state index in [1.807, 2.05) is 17.7 Å². The first kappa shape index (κ1) is 19.8. The van der Waals surface area contributed by atoms with E-state index < -0.39 is 0 Å². The Balaban J connectivity index is 1.35. The molecule has 0 radical (unpaired) electrons. The Kier molecular flexibility index (Phi) is 6.79. The fraction of sp³-hybridized carbons (Fsp3) is 0.500. The van der Waals surface area contributed by atoms with Gasteiger partial charge in [-0.15, -0.1) is 0 Å². The fourth-order valence-corrected chi connectivity index (χ4v) is 3.72. The normalized spacial score (nSPS) is 15.1. The third kappa shape index (κ3) is 5.74. The second-order valence-electron chi connectivity index (χ2n) is 7.13. The molecule has 27 heavy (non-hydrogen) atoms. The van der Waals surface area contributed by atoms with E-state index in [-0.39, 0.29) is 5.82 Å². The van der Waals surface area contributed by atoms with E-state index in [1.54, 1.807) is 12.1 Å². The first-order valence-electron chi connectivity index (χ1n) is 9.52. The molecule has 0 bridgehead atoms. The Bertz CT molecular complexity index is 767. The van der Waals surface area contributed by atoms with Gasteiger partial charge in [-0.05, 0) is 56.2 Å². The molecule has 1 aromatic carbocycles. The molecule has 1 aliphatic rings. The van der Waals surface area contributed by atoms with E-state index in [0.29, 0.717) is 0 Å². The van der Waals surface area contributed by atoms with E-state index in [1.165, 1.54) is 11.8 Å². The van der Waals surface area contributed by atoms with Gasteiger partial charge < -0.3 is 10.2 Å². The Hall–Kier alpha value is -1.99. The number of rotatable bonds is 6. The third-order valence-electron chi connectivity index (χ3n) is 4.88. The Morgan fingerprint density at radius 3 is 2.63 bits per heavy atom. The molecular weight excluding hydrogens is 361 g/mol. The van der Waals surface area contributed by atoms with Crippen LogP contribution in [-0.4, -0.2) is 57.4 Å². The van der Waals surface area contributed by atoms with Crippen molar-refractivity contribution < 1.29 is 4.39 Å². The van der Waals surface area contributed by atoms with E-state index >= 15 is 0 Å². The number of hydrogen-bond donors (Lipinski definition) is 1. The van der Waals surface area contributed by atoms with E-state index in [4.69, 9.17) is 12.2 Å². The summed E-state index contributed by atoms with van der Waals surface area (Å²) in [4.78, 5) is 4.57. The minimum Gasteiger partial charge on any atom is -0.362 e. The van der Waals surface area contributed by atoms with Gasteiger partial charge in [0.2, 0.25) is 0 Å². The maximum atomic E-state index is 13.3. The second-order valence-corrected chi connectivity index (χ2v) is 7.52. The van der Waals surface area contributed by atoms with Gasteiger partial charge in [0, 0.05) is 51.5 Å². The Morgan fingerprint density at radius 2 is 1.96 bits per heavy atom. The first-order valence-corrected chi connectivity index (χ1v) is 9.93. The van der Waals surface area contributed by atoms with Crippen LogP contribution >= 0.6 is 12.2 Å². The SMILES string of the molecule is Cc1cc(C)n(CCCNC(=S)N2CCN(Cc3cccc(F)c3)CC2)n1. The van der Waals surface area contributed by atoms with Crippen molar-refractivity contribution in [3.05, 3.63) is 53.1 Å². The molecule has 0 unspecified atom stereocenters. The molecule has 5 nitrogen and oxygen atoms in total. The summed E-state index contributed by atoms with van der Waals surface area (Å²) in [7, 11) is 0. The number of hydrogen-bond acceptors (Lipinski definition) is 3. The highest BCUT2D eigenvalue weighted by molar-refractivity contribution is 7.80. The molecule has 7 heteroatoms. The number of benzene rings is 1. The number of nitrogens with zero attached hydrogens (tertiary/aromatic N) is 4. The molecule has 1 saturated heterocycles. The van der Waals surface area contributed by atoms with Crippen molar-refractivity contribution in [2.24, 2.45) is 0 Å². The fourth-order valence-electron chi connectivity index (χ4n) is 3.44. The summed E-state index contributed by atoms with van der Waals surface area (Å²) in [5, 5.41) is 8.68. The van der Waals surface area contributed by atoms with Gasteiger partial charge in [-0.3, -0.25) is 9.58 Å². The number of aromatic nitrogens is 2. The predicted octanol–water partition coefficient (Wildman–Crippen LogP) is 2.72. The summed E-state index contributed by atoms with van der Waals surface area (Å²) >= 11 is 5.54. The number of halogens is 1. The number of nitrogens with one attached hydrogen (secondary N) is 1. The van der Waals surface area contributed by atoms with E-state index in [0.717, 1.165) is 68.6 Å². The molecule has 2 aromatic rings. The van der Waals surface area contributed by atoms with Gasteiger partial charge in [0.25, 0.3) is 0 Å². The van der Waals surface area contributed by atoms with Crippen molar-refractivity contribution in [1.29, 1.82) is 0 Å². The van der Waals surface area contributed by atoms with Gasteiger partial charge in [-0.1, -0.05) is 12.1 Å². The molecule has 0 saturated carbocycles. The molecule has 0 aliphatic carbocycles. The molecular formula is C20H28FN5S. The lowest BCUT2D eigenvalue weighted by atomic mass is 10.2. The zero-order valence-corrected chi connectivity index (χ0v) is 16.9.